The molecule has 3 amide bonds. The maximum absolute atomic E-state index is 14.9. The molecule has 4 rings (SSSR count). The Hall–Kier alpha value is -3.51. The van der Waals surface area contributed by atoms with Crippen molar-refractivity contribution in [2.24, 2.45) is 0 Å². The van der Waals surface area contributed by atoms with E-state index in [1.165, 1.54) is 28.5 Å². The number of benzene rings is 2. The van der Waals surface area contributed by atoms with Gasteiger partial charge in [0.05, 0.1) is 11.3 Å². The maximum Gasteiger partial charge on any atom is 0.416 e. The average molecular weight is 510 g/mol. The van der Waals surface area contributed by atoms with Gasteiger partial charge in [-0.25, -0.2) is 9.80 Å². The summed E-state index contributed by atoms with van der Waals surface area (Å²) in [6.07, 6.45) is -3.81. The summed E-state index contributed by atoms with van der Waals surface area (Å²) >= 11 is 1.35. The number of amides is 3. The van der Waals surface area contributed by atoms with Gasteiger partial charge in [-0.15, -0.1) is 0 Å². The lowest BCUT2D eigenvalue weighted by atomic mass is 10.0. The molecule has 0 saturated carbocycles. The Morgan fingerprint density at radius 1 is 0.914 bits per heavy atom. The SMILES string of the molecule is O=C(Nc1cccc(C(F)(F)F)c1)Nc1cc(C(F)(F)C(=O)NN2CCC2)ccc1-c1ccsc1. The van der Waals surface area contributed by atoms with Gasteiger partial charge in [0.15, 0.2) is 0 Å². The lowest BCUT2D eigenvalue weighted by Crippen LogP contribution is -2.54. The first-order chi connectivity index (χ1) is 16.5. The predicted molar refractivity (Wildman–Crippen MR) is 122 cm³/mol. The first-order valence-electron chi connectivity index (χ1n) is 10.4. The first-order valence-corrected chi connectivity index (χ1v) is 11.3. The van der Waals surface area contributed by atoms with E-state index in [1.54, 1.807) is 16.8 Å². The van der Waals surface area contributed by atoms with Crippen LogP contribution in [0.1, 0.15) is 17.5 Å². The number of alkyl halides is 5. The van der Waals surface area contributed by atoms with Crippen molar-refractivity contribution in [1.82, 2.24) is 10.4 Å². The summed E-state index contributed by atoms with van der Waals surface area (Å²) in [6.45, 7) is 0.947. The predicted octanol–water partition coefficient (Wildman–Crippen LogP) is 5.91. The van der Waals surface area contributed by atoms with Gasteiger partial charge in [-0.05, 0) is 53.1 Å². The molecule has 0 spiro atoms. The van der Waals surface area contributed by atoms with E-state index in [0.29, 0.717) is 24.2 Å². The first kappa shape index (κ1) is 24.6. The molecule has 0 bridgehead atoms. The Morgan fingerprint density at radius 3 is 2.31 bits per heavy atom. The van der Waals surface area contributed by atoms with Crippen LogP contribution in [0, 0.1) is 0 Å². The smallest absolute Gasteiger partial charge is 0.308 e. The van der Waals surface area contributed by atoms with Gasteiger partial charge < -0.3 is 10.6 Å². The molecule has 2 aromatic carbocycles. The number of nitrogens with one attached hydrogen (secondary N) is 3. The Bertz CT molecular complexity index is 1230. The normalized spacial score (nSPS) is 14.2. The van der Waals surface area contributed by atoms with Crippen molar-refractivity contribution in [1.29, 1.82) is 0 Å². The standard InChI is InChI=1S/C23H19F5N4O2S/c24-22(25,20(33)31-32-8-2-9-32)15-5-6-18(14-7-10-35-13-14)19(12-15)30-21(34)29-17-4-1-3-16(11-17)23(26,27)28/h1,3-7,10-13H,2,8-9H2,(H,31,33)(H2,29,30,34). The number of nitrogens with zero attached hydrogens (tertiary/aromatic N) is 1. The second-order valence-electron chi connectivity index (χ2n) is 7.79. The fourth-order valence-electron chi connectivity index (χ4n) is 3.34. The minimum Gasteiger partial charge on any atom is -0.308 e. The third-order valence-electron chi connectivity index (χ3n) is 5.31. The molecule has 0 aliphatic carbocycles. The zero-order valence-corrected chi connectivity index (χ0v) is 18.8. The fraction of sp³-hybridized carbons (Fsp3) is 0.217. The summed E-state index contributed by atoms with van der Waals surface area (Å²) in [5.41, 5.74) is 1.41. The van der Waals surface area contributed by atoms with Gasteiger partial charge in [-0.2, -0.15) is 33.3 Å². The minimum absolute atomic E-state index is 0.0400. The van der Waals surface area contributed by atoms with Crippen LogP contribution in [0.5, 0.6) is 0 Å². The summed E-state index contributed by atoms with van der Waals surface area (Å²) in [4.78, 5) is 24.8. The van der Waals surface area contributed by atoms with Crippen LogP contribution in [0.2, 0.25) is 0 Å². The van der Waals surface area contributed by atoms with E-state index in [9.17, 15) is 31.5 Å². The van der Waals surface area contributed by atoms with Gasteiger partial charge in [0, 0.05) is 29.9 Å². The number of rotatable bonds is 6. The molecule has 6 nitrogen and oxygen atoms in total. The number of carbonyl (C=O) groups is 2. The highest BCUT2D eigenvalue weighted by Crippen LogP contribution is 2.37. The van der Waals surface area contributed by atoms with Crippen molar-refractivity contribution < 1.29 is 31.5 Å². The summed E-state index contributed by atoms with van der Waals surface area (Å²) in [7, 11) is 0. The number of hydrogen-bond donors (Lipinski definition) is 3. The van der Waals surface area contributed by atoms with E-state index in [1.807, 2.05) is 0 Å². The molecule has 35 heavy (non-hydrogen) atoms. The minimum atomic E-state index is -4.60. The number of urea groups is 1. The maximum atomic E-state index is 14.9. The molecule has 1 saturated heterocycles. The lowest BCUT2D eigenvalue weighted by Gasteiger charge is -2.32. The average Bonchev–Trinajstić information content (AvgIpc) is 3.30. The molecule has 1 aliphatic heterocycles. The molecule has 1 fully saturated rings. The highest BCUT2D eigenvalue weighted by atomic mass is 32.1. The van der Waals surface area contributed by atoms with Gasteiger partial charge in [0.1, 0.15) is 0 Å². The molecule has 1 aliphatic rings. The summed E-state index contributed by atoms with van der Waals surface area (Å²) < 4.78 is 68.7. The Kier molecular flexibility index (Phi) is 6.77. The van der Waals surface area contributed by atoms with Crippen molar-refractivity contribution in [3.63, 3.8) is 0 Å². The third-order valence-corrected chi connectivity index (χ3v) is 5.99. The molecule has 2 heterocycles. The van der Waals surface area contributed by atoms with Crippen molar-refractivity contribution in [3.05, 3.63) is 70.4 Å². The van der Waals surface area contributed by atoms with E-state index >= 15 is 0 Å². The van der Waals surface area contributed by atoms with Gasteiger partial charge in [-0.3, -0.25) is 10.2 Å². The third kappa shape index (κ3) is 5.60. The number of halogens is 5. The second-order valence-corrected chi connectivity index (χ2v) is 8.57. The number of hydrazine groups is 1. The van der Waals surface area contributed by atoms with Gasteiger partial charge in [0.25, 0.3) is 0 Å². The van der Waals surface area contributed by atoms with Crippen LogP contribution in [-0.4, -0.2) is 30.0 Å². The van der Waals surface area contributed by atoms with E-state index < -0.39 is 35.2 Å². The Labute approximate surface area is 200 Å². The van der Waals surface area contributed by atoms with E-state index in [-0.39, 0.29) is 11.4 Å². The highest BCUT2D eigenvalue weighted by Gasteiger charge is 2.42. The van der Waals surface area contributed by atoms with E-state index in [4.69, 9.17) is 0 Å². The molecule has 1 aromatic heterocycles. The van der Waals surface area contributed by atoms with Crippen LogP contribution < -0.4 is 16.1 Å². The number of hydrogen-bond acceptors (Lipinski definition) is 4. The van der Waals surface area contributed by atoms with Crippen LogP contribution in [0.15, 0.2) is 59.3 Å². The molecular weight excluding hydrogens is 491 g/mol. The zero-order valence-electron chi connectivity index (χ0n) is 18.0. The molecule has 3 N–H and O–H groups in total. The Balaban J connectivity index is 1.59. The summed E-state index contributed by atoms with van der Waals surface area (Å²) in [6, 6.07) is 8.20. The lowest BCUT2D eigenvalue weighted by molar-refractivity contribution is -0.154. The molecular formula is C23H19F5N4O2S. The van der Waals surface area contributed by atoms with Crippen LogP contribution in [0.25, 0.3) is 11.1 Å². The molecule has 0 unspecified atom stereocenters. The van der Waals surface area contributed by atoms with Crippen molar-refractivity contribution in [3.8, 4) is 11.1 Å². The summed E-state index contributed by atoms with van der Waals surface area (Å²) in [5, 5.41) is 9.56. The van der Waals surface area contributed by atoms with Crippen molar-refractivity contribution in [2.45, 2.75) is 18.5 Å². The van der Waals surface area contributed by atoms with Crippen LogP contribution in [-0.2, 0) is 16.9 Å². The van der Waals surface area contributed by atoms with E-state index in [0.717, 1.165) is 36.8 Å². The van der Waals surface area contributed by atoms with Crippen LogP contribution in [0.3, 0.4) is 0 Å². The molecule has 0 atom stereocenters. The topological polar surface area (TPSA) is 73.5 Å². The van der Waals surface area contributed by atoms with Crippen molar-refractivity contribution >= 4 is 34.6 Å². The molecule has 184 valence electrons. The Morgan fingerprint density at radius 2 is 1.69 bits per heavy atom. The molecule has 0 radical (unpaired) electrons. The monoisotopic (exact) mass is 510 g/mol. The largest absolute Gasteiger partial charge is 0.416 e. The van der Waals surface area contributed by atoms with Gasteiger partial charge in [-0.1, -0.05) is 18.2 Å². The number of thiophene rings is 1. The van der Waals surface area contributed by atoms with Gasteiger partial charge >= 0.3 is 24.0 Å². The zero-order chi connectivity index (χ0) is 25.2. The van der Waals surface area contributed by atoms with E-state index in [2.05, 4.69) is 16.1 Å². The fourth-order valence-corrected chi connectivity index (χ4v) is 4.00. The van der Waals surface area contributed by atoms with Crippen LogP contribution >= 0.6 is 11.3 Å². The second kappa shape index (κ2) is 9.62. The quantitative estimate of drug-likeness (QED) is 0.361. The number of carbonyl (C=O) groups excluding carboxylic acids is 2. The highest BCUT2D eigenvalue weighted by molar-refractivity contribution is 7.08. The van der Waals surface area contributed by atoms with Gasteiger partial charge in [0.2, 0.25) is 0 Å². The van der Waals surface area contributed by atoms with Crippen molar-refractivity contribution in [2.75, 3.05) is 23.7 Å². The van der Waals surface area contributed by atoms with Crippen LogP contribution in [0.4, 0.5) is 38.1 Å². The number of anilines is 2. The molecule has 12 heteroatoms. The summed E-state index contributed by atoms with van der Waals surface area (Å²) in [5.74, 6) is -5.39. The molecule has 3 aromatic rings.